The summed E-state index contributed by atoms with van der Waals surface area (Å²) < 4.78 is 1.87. The van der Waals surface area contributed by atoms with Crippen molar-refractivity contribution in [3.63, 3.8) is 0 Å². The van der Waals surface area contributed by atoms with Crippen molar-refractivity contribution in [1.29, 1.82) is 0 Å². The topological polar surface area (TPSA) is 59.8 Å². The van der Waals surface area contributed by atoms with Crippen molar-refractivity contribution >= 4 is 17.2 Å². The van der Waals surface area contributed by atoms with Gasteiger partial charge in [-0.2, -0.15) is 5.10 Å². The Kier molecular flexibility index (Phi) is 5.05. The second kappa shape index (κ2) is 7.40. The van der Waals surface area contributed by atoms with Gasteiger partial charge in [0.2, 0.25) is 0 Å². The second-order valence-electron chi connectivity index (χ2n) is 5.95. The lowest BCUT2D eigenvalue weighted by molar-refractivity contribution is 0.0942. The zero-order valence-corrected chi connectivity index (χ0v) is 14.6. The van der Waals surface area contributed by atoms with Gasteiger partial charge in [0.25, 0.3) is 5.91 Å². The lowest BCUT2D eigenvalue weighted by Crippen LogP contribution is -2.30. The minimum Gasteiger partial charge on any atom is -0.350 e. The van der Waals surface area contributed by atoms with Gasteiger partial charge in [0, 0.05) is 36.4 Å². The van der Waals surface area contributed by atoms with E-state index in [4.69, 9.17) is 0 Å². The average Bonchev–Trinajstić information content (AvgIpc) is 3.25. The molecule has 0 spiro atoms. The van der Waals surface area contributed by atoms with Crippen LogP contribution in [0, 0.1) is 12.8 Å². The predicted octanol–water partition coefficient (Wildman–Crippen LogP) is 3.38. The molecule has 5 nitrogen and oxygen atoms in total. The molecule has 0 aliphatic heterocycles. The van der Waals surface area contributed by atoms with E-state index in [1.54, 1.807) is 6.20 Å². The smallest absolute Gasteiger partial charge is 0.270 e. The predicted molar refractivity (Wildman–Crippen MR) is 96.0 cm³/mol. The summed E-state index contributed by atoms with van der Waals surface area (Å²) in [5.41, 5.74) is 2.72. The van der Waals surface area contributed by atoms with Crippen molar-refractivity contribution in [2.45, 2.75) is 20.4 Å². The maximum Gasteiger partial charge on any atom is 0.270 e. The van der Waals surface area contributed by atoms with Gasteiger partial charge in [0.15, 0.2) is 0 Å². The molecule has 0 saturated carbocycles. The van der Waals surface area contributed by atoms with Gasteiger partial charge < -0.3 is 5.32 Å². The molecule has 0 unspecified atom stereocenters. The molecule has 2 aromatic heterocycles. The van der Waals surface area contributed by atoms with Gasteiger partial charge in [0.1, 0.15) is 10.7 Å². The number of amides is 1. The van der Waals surface area contributed by atoms with E-state index < -0.39 is 0 Å². The Bertz CT molecular complexity index is 793. The molecule has 0 bridgehead atoms. The summed E-state index contributed by atoms with van der Waals surface area (Å²) in [7, 11) is 0. The Morgan fingerprint density at radius 2 is 2.12 bits per heavy atom. The van der Waals surface area contributed by atoms with Crippen LogP contribution in [0.25, 0.3) is 10.6 Å². The van der Waals surface area contributed by atoms with Crippen LogP contribution in [0.1, 0.15) is 23.0 Å². The summed E-state index contributed by atoms with van der Waals surface area (Å²) in [4.78, 5) is 16.7. The molecule has 124 valence electrons. The molecule has 1 atom stereocenters. The molecule has 0 saturated heterocycles. The van der Waals surface area contributed by atoms with Gasteiger partial charge in [-0.05, 0) is 18.9 Å². The number of benzene rings is 1. The van der Waals surface area contributed by atoms with Gasteiger partial charge in [-0.25, -0.2) is 4.98 Å². The van der Waals surface area contributed by atoms with Crippen LogP contribution in [0.15, 0.2) is 48.1 Å². The molecule has 1 N–H and O–H groups in total. The van der Waals surface area contributed by atoms with Crippen molar-refractivity contribution in [1.82, 2.24) is 20.1 Å². The molecule has 6 heteroatoms. The van der Waals surface area contributed by atoms with E-state index in [-0.39, 0.29) is 5.91 Å². The van der Waals surface area contributed by atoms with Gasteiger partial charge in [-0.1, -0.05) is 36.8 Å². The van der Waals surface area contributed by atoms with Crippen molar-refractivity contribution < 1.29 is 4.79 Å². The number of hydrogen-bond acceptors (Lipinski definition) is 4. The third-order valence-electron chi connectivity index (χ3n) is 3.70. The van der Waals surface area contributed by atoms with E-state index in [1.165, 1.54) is 16.9 Å². The van der Waals surface area contributed by atoms with E-state index in [0.29, 0.717) is 18.2 Å². The van der Waals surface area contributed by atoms with Crippen molar-refractivity contribution in [2.24, 2.45) is 5.92 Å². The Hall–Kier alpha value is -2.47. The lowest BCUT2D eigenvalue weighted by Gasteiger charge is -2.12. The minimum absolute atomic E-state index is 0.128. The quantitative estimate of drug-likeness (QED) is 0.748. The first-order valence-electron chi connectivity index (χ1n) is 7.90. The van der Waals surface area contributed by atoms with Gasteiger partial charge in [-0.3, -0.25) is 9.48 Å². The number of rotatable bonds is 6. The van der Waals surface area contributed by atoms with Gasteiger partial charge >= 0.3 is 0 Å². The first kappa shape index (κ1) is 16.4. The summed E-state index contributed by atoms with van der Waals surface area (Å²) in [6.07, 6.45) is 3.68. The van der Waals surface area contributed by atoms with Crippen molar-refractivity contribution in [3.8, 4) is 10.6 Å². The molecule has 2 heterocycles. The first-order valence-corrected chi connectivity index (χ1v) is 8.78. The van der Waals surface area contributed by atoms with Crippen LogP contribution in [0.2, 0.25) is 0 Å². The largest absolute Gasteiger partial charge is 0.350 e. The van der Waals surface area contributed by atoms with Crippen LogP contribution in [0.5, 0.6) is 0 Å². The van der Waals surface area contributed by atoms with Crippen molar-refractivity contribution in [2.75, 3.05) is 6.54 Å². The molecule has 3 aromatic rings. The Morgan fingerprint density at radius 3 is 2.83 bits per heavy atom. The Balaban J connectivity index is 1.56. The normalized spacial score (nSPS) is 12.1. The number of aromatic nitrogens is 3. The fourth-order valence-electron chi connectivity index (χ4n) is 2.36. The number of aryl methyl sites for hydroxylation is 1. The molecule has 0 aliphatic carbocycles. The molecule has 3 rings (SSSR count). The molecule has 0 aliphatic rings. The highest BCUT2D eigenvalue weighted by molar-refractivity contribution is 7.13. The maximum absolute atomic E-state index is 12.3. The highest BCUT2D eigenvalue weighted by atomic mass is 32.1. The van der Waals surface area contributed by atoms with Crippen LogP contribution < -0.4 is 5.32 Å². The van der Waals surface area contributed by atoms with Crippen LogP contribution in [0.3, 0.4) is 0 Å². The fraction of sp³-hybridized carbons (Fsp3) is 0.278. The Labute approximate surface area is 145 Å². The van der Waals surface area contributed by atoms with Crippen molar-refractivity contribution in [3.05, 3.63) is 59.4 Å². The lowest BCUT2D eigenvalue weighted by atomic mass is 10.2. The fourth-order valence-corrected chi connectivity index (χ4v) is 3.16. The van der Waals surface area contributed by atoms with E-state index in [9.17, 15) is 4.79 Å². The highest BCUT2D eigenvalue weighted by Crippen LogP contribution is 2.23. The summed E-state index contributed by atoms with van der Waals surface area (Å²) in [5.74, 6) is 0.168. The van der Waals surface area contributed by atoms with Crippen LogP contribution >= 0.6 is 11.3 Å². The number of carbonyl (C=O) groups is 1. The molecule has 0 radical (unpaired) electrons. The molecule has 1 amide bonds. The monoisotopic (exact) mass is 340 g/mol. The molecule has 0 fully saturated rings. The number of nitrogens with one attached hydrogen (secondary N) is 1. The summed E-state index contributed by atoms with van der Waals surface area (Å²) in [5, 5.41) is 9.80. The zero-order valence-electron chi connectivity index (χ0n) is 13.8. The number of nitrogens with zero attached hydrogens (tertiary/aromatic N) is 3. The third kappa shape index (κ3) is 4.08. The standard InChI is InChI=1S/C18H20N4OS/c1-13-4-6-15(7-5-13)18-21-16(12-24-18)17(23)19-10-14(2)11-22-9-3-8-20-22/h3-9,12,14H,10-11H2,1-2H3,(H,19,23)/t14-/m1/s1. The van der Waals surface area contributed by atoms with Crippen LogP contribution in [-0.4, -0.2) is 27.2 Å². The summed E-state index contributed by atoms with van der Waals surface area (Å²) >= 11 is 1.49. The average molecular weight is 340 g/mol. The summed E-state index contributed by atoms with van der Waals surface area (Å²) in [6.45, 7) is 5.50. The van der Waals surface area contributed by atoms with E-state index in [0.717, 1.165) is 17.1 Å². The van der Waals surface area contributed by atoms with Gasteiger partial charge in [0.05, 0.1) is 0 Å². The molecular formula is C18H20N4OS. The van der Waals surface area contributed by atoms with Gasteiger partial charge in [-0.15, -0.1) is 11.3 Å². The molecule has 1 aromatic carbocycles. The molecular weight excluding hydrogens is 320 g/mol. The third-order valence-corrected chi connectivity index (χ3v) is 4.60. The van der Waals surface area contributed by atoms with E-state index in [2.05, 4.69) is 29.2 Å². The Morgan fingerprint density at radius 1 is 1.33 bits per heavy atom. The summed E-state index contributed by atoms with van der Waals surface area (Å²) in [6, 6.07) is 10.1. The minimum atomic E-state index is -0.128. The SMILES string of the molecule is Cc1ccc(-c2nc(C(=O)NC[C@@H](C)Cn3cccn3)cs2)cc1. The number of carbonyl (C=O) groups excluding carboxylic acids is 1. The van der Waals surface area contributed by atoms with E-state index >= 15 is 0 Å². The highest BCUT2D eigenvalue weighted by Gasteiger charge is 2.13. The van der Waals surface area contributed by atoms with E-state index in [1.807, 2.05) is 46.6 Å². The molecule has 24 heavy (non-hydrogen) atoms. The van der Waals surface area contributed by atoms with Crippen LogP contribution in [-0.2, 0) is 6.54 Å². The zero-order chi connectivity index (χ0) is 16.9. The maximum atomic E-state index is 12.3. The number of hydrogen-bond donors (Lipinski definition) is 1. The second-order valence-corrected chi connectivity index (χ2v) is 6.81. The number of thiazole rings is 1. The first-order chi connectivity index (χ1) is 11.6. The van der Waals surface area contributed by atoms with Crippen LogP contribution in [0.4, 0.5) is 0 Å².